The average Bonchev–Trinajstić information content (AvgIpc) is 2.60. The zero-order chi connectivity index (χ0) is 17.4. The number of hydrogen-bond donors (Lipinski definition) is 0. The van der Waals surface area contributed by atoms with Gasteiger partial charge in [0.05, 0.1) is 25.4 Å². The van der Waals surface area contributed by atoms with Crippen LogP contribution in [0.4, 0.5) is 0 Å². The van der Waals surface area contributed by atoms with Gasteiger partial charge in [-0.2, -0.15) is 0 Å². The number of benzene rings is 2. The van der Waals surface area contributed by atoms with Gasteiger partial charge in [-0.25, -0.2) is 0 Å². The Morgan fingerprint density at radius 3 is 1.29 bits per heavy atom. The molecule has 0 heterocycles. The maximum absolute atomic E-state index is 6.08. The van der Waals surface area contributed by atoms with Crippen LogP contribution in [0.1, 0.15) is 22.3 Å². The Kier molecular flexibility index (Phi) is 8.46. The van der Waals surface area contributed by atoms with Gasteiger partial charge in [-0.15, -0.1) is 0 Å². The minimum Gasteiger partial charge on any atom is -0.370 e. The van der Waals surface area contributed by atoms with E-state index in [1.807, 2.05) is 0 Å². The van der Waals surface area contributed by atoms with Gasteiger partial charge in [0.1, 0.15) is 0 Å². The highest BCUT2D eigenvalue weighted by molar-refractivity contribution is 9.09. The van der Waals surface area contributed by atoms with Gasteiger partial charge in [-0.1, -0.05) is 91.5 Å². The Bertz CT molecular complexity index is 541. The number of halogens is 2. The summed E-state index contributed by atoms with van der Waals surface area (Å²) in [7, 11) is 0. The summed E-state index contributed by atoms with van der Waals surface area (Å²) >= 11 is 7.10. The number of ether oxygens (including phenoxy) is 2. The van der Waals surface area contributed by atoms with Crippen LogP contribution in [0.2, 0.25) is 0 Å². The summed E-state index contributed by atoms with van der Waals surface area (Å²) in [6.07, 6.45) is -0.00717. The SMILES string of the molecule is Cc1ccc(CO[C@@H](CBr)[C@H](CBr)OCc2ccc(C)cc2)cc1. The summed E-state index contributed by atoms with van der Waals surface area (Å²) in [5.41, 5.74) is 4.88. The van der Waals surface area contributed by atoms with Gasteiger partial charge in [0.25, 0.3) is 0 Å². The van der Waals surface area contributed by atoms with Crippen molar-refractivity contribution in [1.82, 2.24) is 0 Å². The van der Waals surface area contributed by atoms with E-state index in [0.717, 1.165) is 10.7 Å². The predicted molar refractivity (Wildman–Crippen MR) is 107 cm³/mol. The summed E-state index contributed by atoms with van der Waals surface area (Å²) in [4.78, 5) is 0. The van der Waals surface area contributed by atoms with Gasteiger partial charge in [0.2, 0.25) is 0 Å². The first-order chi connectivity index (χ1) is 11.6. The molecule has 24 heavy (non-hydrogen) atoms. The minimum absolute atomic E-state index is 0.00359. The van der Waals surface area contributed by atoms with Crippen LogP contribution in [0, 0.1) is 13.8 Å². The lowest BCUT2D eigenvalue weighted by Gasteiger charge is -2.25. The van der Waals surface area contributed by atoms with E-state index in [0.29, 0.717) is 13.2 Å². The van der Waals surface area contributed by atoms with Crippen LogP contribution >= 0.6 is 31.9 Å². The van der Waals surface area contributed by atoms with Crippen LogP contribution in [-0.4, -0.2) is 22.9 Å². The molecule has 0 N–H and O–H groups in total. The molecule has 2 aromatic rings. The maximum Gasteiger partial charge on any atom is 0.0946 e. The van der Waals surface area contributed by atoms with E-state index in [4.69, 9.17) is 9.47 Å². The van der Waals surface area contributed by atoms with Crippen LogP contribution < -0.4 is 0 Å². The zero-order valence-corrected chi connectivity index (χ0v) is 17.3. The molecule has 2 nitrogen and oxygen atoms in total. The molecule has 0 radical (unpaired) electrons. The van der Waals surface area contributed by atoms with E-state index < -0.39 is 0 Å². The first-order valence-corrected chi connectivity index (χ1v) is 10.3. The molecule has 4 heteroatoms. The van der Waals surface area contributed by atoms with E-state index in [1.54, 1.807) is 0 Å². The fourth-order valence-electron chi connectivity index (χ4n) is 2.28. The molecule has 0 fully saturated rings. The van der Waals surface area contributed by atoms with Crippen LogP contribution in [0.15, 0.2) is 48.5 Å². The molecule has 130 valence electrons. The highest BCUT2D eigenvalue weighted by Gasteiger charge is 2.21. The number of aryl methyl sites for hydroxylation is 2. The quantitative estimate of drug-likeness (QED) is 0.460. The maximum atomic E-state index is 6.08. The molecular weight excluding hydrogens is 432 g/mol. The highest BCUT2D eigenvalue weighted by Crippen LogP contribution is 2.16. The van der Waals surface area contributed by atoms with Crippen LogP contribution in [-0.2, 0) is 22.7 Å². The van der Waals surface area contributed by atoms with E-state index >= 15 is 0 Å². The number of rotatable bonds is 9. The van der Waals surface area contributed by atoms with Crippen molar-refractivity contribution in [3.63, 3.8) is 0 Å². The molecule has 0 spiro atoms. The Hall–Kier alpha value is -0.680. The highest BCUT2D eigenvalue weighted by atomic mass is 79.9. The first-order valence-electron chi connectivity index (χ1n) is 8.08. The smallest absolute Gasteiger partial charge is 0.0946 e. The lowest BCUT2D eigenvalue weighted by atomic mass is 10.1. The van der Waals surface area contributed by atoms with E-state index in [9.17, 15) is 0 Å². The molecule has 0 aliphatic carbocycles. The topological polar surface area (TPSA) is 18.5 Å². The second kappa shape index (κ2) is 10.3. The van der Waals surface area contributed by atoms with Crippen LogP contribution in [0.3, 0.4) is 0 Å². The molecular formula is C20H24Br2O2. The Morgan fingerprint density at radius 2 is 1.00 bits per heavy atom. The van der Waals surface area contributed by atoms with Gasteiger partial charge < -0.3 is 9.47 Å². The molecule has 0 unspecified atom stereocenters. The molecule has 0 amide bonds. The molecule has 2 atom stereocenters. The Labute approximate surface area is 161 Å². The lowest BCUT2D eigenvalue weighted by Crippen LogP contribution is -2.34. The molecule has 0 aliphatic rings. The fraction of sp³-hybridized carbons (Fsp3) is 0.400. The monoisotopic (exact) mass is 454 g/mol. The van der Waals surface area contributed by atoms with Crippen molar-refractivity contribution in [3.8, 4) is 0 Å². The van der Waals surface area contributed by atoms with Crippen molar-refractivity contribution in [1.29, 1.82) is 0 Å². The van der Waals surface area contributed by atoms with Gasteiger partial charge >= 0.3 is 0 Å². The molecule has 2 aromatic carbocycles. The van der Waals surface area contributed by atoms with Crippen LogP contribution in [0.25, 0.3) is 0 Å². The lowest BCUT2D eigenvalue weighted by molar-refractivity contribution is -0.0631. The third-order valence-corrected chi connectivity index (χ3v) is 5.16. The van der Waals surface area contributed by atoms with Crippen molar-refractivity contribution in [2.45, 2.75) is 39.3 Å². The van der Waals surface area contributed by atoms with Crippen molar-refractivity contribution in [3.05, 3.63) is 70.8 Å². The second-order valence-electron chi connectivity index (χ2n) is 5.98. The average molecular weight is 456 g/mol. The third-order valence-electron chi connectivity index (χ3n) is 3.89. The normalized spacial score (nSPS) is 13.7. The van der Waals surface area contributed by atoms with Gasteiger partial charge in [0, 0.05) is 10.7 Å². The Morgan fingerprint density at radius 1 is 0.667 bits per heavy atom. The first kappa shape index (κ1) is 19.6. The zero-order valence-electron chi connectivity index (χ0n) is 14.2. The second-order valence-corrected chi connectivity index (χ2v) is 7.27. The summed E-state index contributed by atoms with van der Waals surface area (Å²) in [5, 5.41) is 1.48. The van der Waals surface area contributed by atoms with Crippen molar-refractivity contribution in [2.24, 2.45) is 0 Å². The van der Waals surface area contributed by atoms with Gasteiger partial charge in [-0.05, 0) is 25.0 Å². The van der Waals surface area contributed by atoms with Crippen molar-refractivity contribution in [2.75, 3.05) is 10.7 Å². The van der Waals surface area contributed by atoms with Crippen molar-refractivity contribution < 1.29 is 9.47 Å². The molecule has 0 bridgehead atoms. The van der Waals surface area contributed by atoms with Crippen molar-refractivity contribution >= 4 is 31.9 Å². The van der Waals surface area contributed by atoms with E-state index in [2.05, 4.69) is 94.2 Å². The molecule has 2 rings (SSSR count). The Balaban J connectivity index is 1.88. The molecule has 0 aliphatic heterocycles. The van der Waals surface area contributed by atoms with E-state index in [1.165, 1.54) is 22.3 Å². The largest absolute Gasteiger partial charge is 0.370 e. The summed E-state index contributed by atoms with van der Waals surface area (Å²) in [6, 6.07) is 16.9. The summed E-state index contributed by atoms with van der Waals surface area (Å²) < 4.78 is 12.2. The summed E-state index contributed by atoms with van der Waals surface area (Å²) in [6.45, 7) is 5.36. The predicted octanol–water partition coefficient (Wildman–Crippen LogP) is 5.56. The number of hydrogen-bond acceptors (Lipinski definition) is 2. The fourth-order valence-corrected chi connectivity index (χ4v) is 3.49. The summed E-state index contributed by atoms with van der Waals surface area (Å²) in [5.74, 6) is 0. The van der Waals surface area contributed by atoms with Gasteiger partial charge in [0.15, 0.2) is 0 Å². The molecule has 0 saturated carbocycles. The van der Waals surface area contributed by atoms with Gasteiger partial charge in [-0.3, -0.25) is 0 Å². The molecule has 0 saturated heterocycles. The number of alkyl halides is 2. The third kappa shape index (κ3) is 6.32. The van der Waals surface area contributed by atoms with Crippen LogP contribution in [0.5, 0.6) is 0 Å². The van der Waals surface area contributed by atoms with E-state index in [-0.39, 0.29) is 12.2 Å². The standard InChI is InChI=1S/C20H24Br2O2/c1-15-3-7-17(8-4-15)13-23-19(11-21)20(12-22)24-14-18-9-5-16(2)6-10-18/h3-10,19-20H,11-14H2,1-2H3/t19-,20-/m0/s1. The minimum atomic E-state index is -0.00359. The molecule has 0 aromatic heterocycles.